The average Bonchev–Trinajstić information content (AvgIpc) is 2.94. The summed E-state index contributed by atoms with van der Waals surface area (Å²) in [5.74, 6) is 0.849. The second-order valence-electron chi connectivity index (χ2n) is 4.22. The van der Waals surface area contributed by atoms with Gasteiger partial charge in [-0.2, -0.15) is 0 Å². The van der Waals surface area contributed by atoms with Crippen LogP contribution in [0.25, 0.3) is 0 Å². The molecular weight excluding hydrogens is 178 g/mol. The van der Waals surface area contributed by atoms with Gasteiger partial charge in [-0.15, -0.1) is 0 Å². The van der Waals surface area contributed by atoms with Gasteiger partial charge < -0.3 is 14.8 Å². The van der Waals surface area contributed by atoms with Gasteiger partial charge in [0.1, 0.15) is 0 Å². The first-order valence-electron chi connectivity index (χ1n) is 5.84. The fourth-order valence-corrected chi connectivity index (χ4v) is 2.18. The molecule has 0 aromatic carbocycles. The molecule has 3 nitrogen and oxygen atoms in total. The summed E-state index contributed by atoms with van der Waals surface area (Å²) in [6.07, 6.45) is 4.41. The summed E-state index contributed by atoms with van der Waals surface area (Å²) < 4.78 is 11.0. The van der Waals surface area contributed by atoms with Gasteiger partial charge >= 0.3 is 0 Å². The zero-order valence-electron chi connectivity index (χ0n) is 9.00. The Balaban J connectivity index is 1.63. The molecule has 0 radical (unpaired) electrons. The van der Waals surface area contributed by atoms with Crippen LogP contribution in [0.2, 0.25) is 0 Å². The van der Waals surface area contributed by atoms with E-state index in [4.69, 9.17) is 9.47 Å². The Bertz CT molecular complexity index is 171. The summed E-state index contributed by atoms with van der Waals surface area (Å²) in [5, 5.41) is 3.54. The smallest absolute Gasteiger partial charge is 0.0756 e. The third-order valence-electron chi connectivity index (χ3n) is 3.08. The molecule has 1 saturated heterocycles. The van der Waals surface area contributed by atoms with E-state index in [0.29, 0.717) is 12.1 Å². The van der Waals surface area contributed by atoms with Gasteiger partial charge in [-0.05, 0) is 32.1 Å². The molecule has 3 heteroatoms. The highest BCUT2D eigenvalue weighted by Crippen LogP contribution is 2.38. The first-order valence-corrected chi connectivity index (χ1v) is 5.84. The van der Waals surface area contributed by atoms with Crippen molar-refractivity contribution >= 4 is 0 Å². The number of hydrogen-bond acceptors (Lipinski definition) is 3. The monoisotopic (exact) mass is 199 g/mol. The van der Waals surface area contributed by atoms with E-state index in [2.05, 4.69) is 5.32 Å². The predicted molar refractivity (Wildman–Crippen MR) is 55.4 cm³/mol. The summed E-state index contributed by atoms with van der Waals surface area (Å²) in [6, 6.07) is 0.586. The first-order chi connectivity index (χ1) is 6.92. The summed E-state index contributed by atoms with van der Waals surface area (Å²) >= 11 is 0. The predicted octanol–water partition coefficient (Wildman–Crippen LogP) is 1.18. The number of rotatable bonds is 6. The van der Waals surface area contributed by atoms with Gasteiger partial charge in [0.15, 0.2) is 0 Å². The van der Waals surface area contributed by atoms with Crippen LogP contribution in [0.1, 0.15) is 26.2 Å². The van der Waals surface area contributed by atoms with Crippen molar-refractivity contribution in [2.75, 3.05) is 26.4 Å². The standard InChI is InChI=1S/C11H21NO2/c1-2-13-8-6-12-10-5-7-14-11(10)9-3-4-9/h9-12H,2-8H2,1H3. The van der Waals surface area contributed by atoms with Crippen LogP contribution in [0.3, 0.4) is 0 Å². The van der Waals surface area contributed by atoms with E-state index < -0.39 is 0 Å². The number of ether oxygens (including phenoxy) is 2. The lowest BCUT2D eigenvalue weighted by molar-refractivity contribution is 0.0779. The van der Waals surface area contributed by atoms with Crippen LogP contribution in [0, 0.1) is 5.92 Å². The third-order valence-corrected chi connectivity index (χ3v) is 3.08. The van der Waals surface area contributed by atoms with Crippen molar-refractivity contribution in [2.45, 2.75) is 38.3 Å². The van der Waals surface area contributed by atoms with Crippen molar-refractivity contribution < 1.29 is 9.47 Å². The molecule has 2 aliphatic rings. The minimum atomic E-state index is 0.497. The van der Waals surface area contributed by atoms with E-state index in [0.717, 1.165) is 32.3 Å². The van der Waals surface area contributed by atoms with Crippen LogP contribution in [0.4, 0.5) is 0 Å². The van der Waals surface area contributed by atoms with E-state index >= 15 is 0 Å². The topological polar surface area (TPSA) is 30.5 Å². The maximum atomic E-state index is 5.74. The lowest BCUT2D eigenvalue weighted by atomic mass is 10.1. The van der Waals surface area contributed by atoms with Crippen molar-refractivity contribution in [3.63, 3.8) is 0 Å². The molecule has 1 aliphatic carbocycles. The minimum Gasteiger partial charge on any atom is -0.380 e. The lowest BCUT2D eigenvalue weighted by Crippen LogP contribution is -2.39. The van der Waals surface area contributed by atoms with Crippen LogP contribution in [-0.2, 0) is 9.47 Å². The zero-order chi connectivity index (χ0) is 9.80. The van der Waals surface area contributed by atoms with Crippen molar-refractivity contribution in [3.05, 3.63) is 0 Å². The second kappa shape index (κ2) is 5.10. The molecule has 1 aliphatic heterocycles. The molecule has 0 spiro atoms. The van der Waals surface area contributed by atoms with E-state index in [9.17, 15) is 0 Å². The molecule has 0 aromatic heterocycles. The molecule has 1 saturated carbocycles. The molecule has 1 heterocycles. The van der Waals surface area contributed by atoms with Crippen LogP contribution in [0.5, 0.6) is 0 Å². The molecule has 2 fully saturated rings. The zero-order valence-corrected chi connectivity index (χ0v) is 9.00. The summed E-state index contributed by atoms with van der Waals surface area (Å²) in [5.41, 5.74) is 0. The molecule has 2 unspecified atom stereocenters. The Kier molecular flexibility index (Phi) is 3.79. The quantitative estimate of drug-likeness (QED) is 0.652. The highest BCUT2D eigenvalue weighted by Gasteiger charge is 2.40. The Hall–Kier alpha value is -0.120. The van der Waals surface area contributed by atoms with Gasteiger partial charge in [-0.1, -0.05) is 0 Å². The Morgan fingerprint density at radius 1 is 1.36 bits per heavy atom. The van der Waals surface area contributed by atoms with Gasteiger partial charge in [0, 0.05) is 25.8 Å². The largest absolute Gasteiger partial charge is 0.380 e. The molecule has 2 rings (SSSR count). The van der Waals surface area contributed by atoms with Crippen LogP contribution < -0.4 is 5.32 Å². The summed E-state index contributed by atoms with van der Waals surface area (Å²) in [4.78, 5) is 0. The molecule has 14 heavy (non-hydrogen) atoms. The molecule has 0 aromatic rings. The van der Waals surface area contributed by atoms with E-state index in [1.54, 1.807) is 0 Å². The van der Waals surface area contributed by atoms with E-state index in [1.165, 1.54) is 19.3 Å². The minimum absolute atomic E-state index is 0.497. The molecular formula is C11H21NO2. The SMILES string of the molecule is CCOCCNC1CCOC1C1CC1. The first kappa shape index (κ1) is 10.4. The molecule has 0 bridgehead atoms. The Morgan fingerprint density at radius 3 is 2.93 bits per heavy atom. The third kappa shape index (κ3) is 2.69. The molecule has 2 atom stereocenters. The van der Waals surface area contributed by atoms with E-state index in [-0.39, 0.29) is 0 Å². The van der Waals surface area contributed by atoms with Crippen LogP contribution in [0.15, 0.2) is 0 Å². The summed E-state index contributed by atoms with van der Waals surface area (Å²) in [6.45, 7) is 5.57. The fourth-order valence-electron chi connectivity index (χ4n) is 2.18. The van der Waals surface area contributed by atoms with Crippen LogP contribution >= 0.6 is 0 Å². The fraction of sp³-hybridized carbons (Fsp3) is 1.00. The lowest BCUT2D eigenvalue weighted by Gasteiger charge is -2.19. The van der Waals surface area contributed by atoms with Crippen molar-refractivity contribution in [1.82, 2.24) is 5.32 Å². The summed E-state index contributed by atoms with van der Waals surface area (Å²) in [7, 11) is 0. The Labute approximate surface area is 86.2 Å². The van der Waals surface area contributed by atoms with Crippen molar-refractivity contribution in [2.24, 2.45) is 5.92 Å². The van der Waals surface area contributed by atoms with Crippen LogP contribution in [-0.4, -0.2) is 38.5 Å². The van der Waals surface area contributed by atoms with Crippen molar-refractivity contribution in [3.8, 4) is 0 Å². The number of nitrogens with one attached hydrogen (secondary N) is 1. The van der Waals surface area contributed by atoms with Gasteiger partial charge in [0.2, 0.25) is 0 Å². The highest BCUT2D eigenvalue weighted by atomic mass is 16.5. The number of hydrogen-bond donors (Lipinski definition) is 1. The maximum absolute atomic E-state index is 5.74. The van der Waals surface area contributed by atoms with Gasteiger partial charge in [0.05, 0.1) is 12.7 Å². The average molecular weight is 199 g/mol. The molecule has 0 amide bonds. The normalized spacial score (nSPS) is 32.4. The van der Waals surface area contributed by atoms with Gasteiger partial charge in [-0.25, -0.2) is 0 Å². The second-order valence-corrected chi connectivity index (χ2v) is 4.22. The van der Waals surface area contributed by atoms with Crippen molar-refractivity contribution in [1.29, 1.82) is 0 Å². The Morgan fingerprint density at radius 2 is 2.21 bits per heavy atom. The highest BCUT2D eigenvalue weighted by molar-refractivity contribution is 4.93. The maximum Gasteiger partial charge on any atom is 0.0756 e. The van der Waals surface area contributed by atoms with Gasteiger partial charge in [-0.3, -0.25) is 0 Å². The molecule has 82 valence electrons. The molecule has 1 N–H and O–H groups in total. The van der Waals surface area contributed by atoms with E-state index in [1.807, 2.05) is 6.92 Å². The van der Waals surface area contributed by atoms with Gasteiger partial charge in [0.25, 0.3) is 0 Å².